The van der Waals surface area contributed by atoms with Gasteiger partial charge in [-0.25, -0.2) is 0 Å². The van der Waals surface area contributed by atoms with E-state index in [-0.39, 0.29) is 10.8 Å². The number of pyridine rings is 2. The van der Waals surface area contributed by atoms with Gasteiger partial charge in [0.25, 0.3) is 0 Å². The molecule has 0 radical (unpaired) electrons. The summed E-state index contributed by atoms with van der Waals surface area (Å²) in [6, 6.07) is 76.4. The van der Waals surface area contributed by atoms with Crippen LogP contribution in [-0.4, -0.2) is 27.1 Å². The fraction of sp³-hybridized carbons (Fsp3) is 0.0882. The average Bonchev–Trinajstić information content (AvgIpc) is 3.81. The Balaban J connectivity index is 0.000000122. The number of benzene rings is 10. The van der Waals surface area contributed by atoms with Crippen LogP contribution in [0.2, 0.25) is 0 Å². The second-order valence-corrected chi connectivity index (χ2v) is 21.2. The zero-order valence-corrected chi connectivity index (χ0v) is 43.3. The van der Waals surface area contributed by atoms with Crippen molar-refractivity contribution in [2.24, 2.45) is 0 Å². The van der Waals surface area contributed by atoms with Crippen LogP contribution in [0.15, 0.2) is 235 Å². The molecule has 2 heterocycles. The highest BCUT2D eigenvalue weighted by atomic mass is 79.9. The van der Waals surface area contributed by atoms with Crippen LogP contribution < -0.4 is 5.46 Å². The molecule has 14 rings (SSSR count). The van der Waals surface area contributed by atoms with Crippen LogP contribution in [0.4, 0.5) is 0 Å². The minimum atomic E-state index is -1.50. The Morgan fingerprint density at radius 1 is 0.351 bits per heavy atom. The van der Waals surface area contributed by atoms with E-state index < -0.39 is 7.12 Å². The van der Waals surface area contributed by atoms with E-state index in [9.17, 15) is 10.0 Å². The molecule has 2 N–H and O–H groups in total. The number of rotatable bonds is 4. The third-order valence-electron chi connectivity index (χ3n) is 15.4. The summed E-state index contributed by atoms with van der Waals surface area (Å²) in [5, 5.41) is 28.8. The first-order chi connectivity index (χ1) is 36.0. The number of hydrogen-bond acceptors (Lipinski definition) is 4. The highest BCUT2D eigenvalue weighted by Crippen LogP contribution is 2.51. The summed E-state index contributed by atoms with van der Waals surface area (Å²) in [4.78, 5) is 9.25. The van der Waals surface area contributed by atoms with E-state index in [1.165, 1.54) is 77.2 Å². The summed E-state index contributed by atoms with van der Waals surface area (Å²) in [5.41, 5.74) is 18.0. The molecule has 0 unspecified atom stereocenters. The summed E-state index contributed by atoms with van der Waals surface area (Å²) < 4.78 is 1.13. The third-order valence-corrected chi connectivity index (χ3v) is 15.9. The molecule has 0 spiro atoms. The van der Waals surface area contributed by atoms with E-state index in [4.69, 9.17) is 4.98 Å². The minimum absolute atomic E-state index is 0.0582. The molecule has 6 heteroatoms. The molecule has 2 aliphatic rings. The van der Waals surface area contributed by atoms with Gasteiger partial charge in [-0.15, -0.1) is 0 Å². The maximum Gasteiger partial charge on any atom is 0.489 e. The first-order valence-electron chi connectivity index (χ1n) is 25.2. The number of aromatic nitrogens is 2. The predicted molar refractivity (Wildman–Crippen MR) is 314 cm³/mol. The SMILES string of the molecule is CC1(C)c2cc(-c3c4ccccc4c(-c4ccccc4)c4ccccc34)ccc2-c2ncccc21.CC1(C)c2cc(Br)ccc2-c2ncccc21.OB(O)c1c2ccccc2c(-c2ccccc2)c2ccccc12. The number of fused-ring (bicyclic) bond motifs is 10. The molecule has 0 bridgehead atoms. The fourth-order valence-corrected chi connectivity index (χ4v) is 12.3. The molecule has 12 aromatic rings. The molecule has 2 aliphatic carbocycles. The maximum absolute atomic E-state index is 9.94. The van der Waals surface area contributed by atoms with Gasteiger partial charge in [0.15, 0.2) is 0 Å². The molecule has 0 saturated carbocycles. The summed E-state index contributed by atoms with van der Waals surface area (Å²) in [5.74, 6) is 0. The van der Waals surface area contributed by atoms with Crippen molar-refractivity contribution in [2.75, 3.05) is 0 Å². The van der Waals surface area contributed by atoms with E-state index >= 15 is 0 Å². The Hall–Kier alpha value is -8.00. The molecule has 74 heavy (non-hydrogen) atoms. The zero-order chi connectivity index (χ0) is 50.7. The molecular formula is C68H52BBrN2O2. The lowest BCUT2D eigenvalue weighted by molar-refractivity contribution is 0.426. The van der Waals surface area contributed by atoms with Crippen LogP contribution in [0.3, 0.4) is 0 Å². The monoisotopic (exact) mass is 1020 g/mol. The standard InChI is InChI=1S/C34H25N.C20H15BO2.C14H12BrN/c1-34(2)29-17-10-20-35-33(29)28-19-18-23(21-30(28)34)32-26-15-8-6-13-24(26)31(22-11-4-3-5-12-22)25-14-7-9-16-27(25)32;22-21(23)20-17-12-6-4-10-15(17)19(14-8-2-1-3-9-14)16-11-5-7-13-18(16)20;1-14(2)11-4-3-7-16-13(11)10-6-5-9(15)8-12(10)14/h3-21H,1-2H3;1-13,22-23H;3-8H,1-2H3. The second kappa shape index (κ2) is 18.8. The maximum atomic E-state index is 9.94. The van der Waals surface area contributed by atoms with Crippen molar-refractivity contribution < 1.29 is 10.0 Å². The van der Waals surface area contributed by atoms with Gasteiger partial charge in [0.2, 0.25) is 0 Å². The molecule has 0 saturated heterocycles. The highest BCUT2D eigenvalue weighted by Gasteiger charge is 2.37. The van der Waals surface area contributed by atoms with Gasteiger partial charge >= 0.3 is 7.12 Å². The van der Waals surface area contributed by atoms with Crippen molar-refractivity contribution in [1.82, 2.24) is 9.97 Å². The van der Waals surface area contributed by atoms with Gasteiger partial charge in [0.1, 0.15) is 0 Å². The molecule has 0 aliphatic heterocycles. The van der Waals surface area contributed by atoms with E-state index in [0.29, 0.717) is 5.46 Å². The Labute approximate surface area is 441 Å². The van der Waals surface area contributed by atoms with Crippen molar-refractivity contribution in [1.29, 1.82) is 0 Å². The van der Waals surface area contributed by atoms with Crippen molar-refractivity contribution in [3.8, 4) is 55.9 Å². The number of hydrogen-bond donors (Lipinski definition) is 2. The highest BCUT2D eigenvalue weighted by molar-refractivity contribution is 9.10. The zero-order valence-electron chi connectivity index (χ0n) is 41.7. The van der Waals surface area contributed by atoms with Gasteiger partial charge < -0.3 is 10.0 Å². The van der Waals surface area contributed by atoms with Crippen LogP contribution in [0.5, 0.6) is 0 Å². The third kappa shape index (κ3) is 7.84. The molecule has 356 valence electrons. The van der Waals surface area contributed by atoms with E-state index in [2.05, 4.69) is 194 Å². The fourth-order valence-electron chi connectivity index (χ4n) is 11.9. The molecular weight excluding hydrogens is 967 g/mol. The molecule has 4 nitrogen and oxygen atoms in total. The smallest absolute Gasteiger partial charge is 0.423 e. The van der Waals surface area contributed by atoms with E-state index in [1.807, 2.05) is 85.2 Å². The molecule has 0 fully saturated rings. The van der Waals surface area contributed by atoms with E-state index in [0.717, 1.165) is 48.5 Å². The summed E-state index contributed by atoms with van der Waals surface area (Å²) >= 11 is 3.54. The number of nitrogens with zero attached hydrogens (tertiary/aromatic N) is 2. The van der Waals surface area contributed by atoms with Crippen LogP contribution in [0.1, 0.15) is 49.9 Å². The molecule has 2 aromatic heterocycles. The quantitative estimate of drug-likeness (QED) is 0.136. The molecule has 0 amide bonds. The van der Waals surface area contributed by atoms with Gasteiger partial charge in [-0.3, -0.25) is 9.97 Å². The largest absolute Gasteiger partial charge is 0.489 e. The van der Waals surface area contributed by atoms with Crippen molar-refractivity contribution in [3.05, 3.63) is 258 Å². The van der Waals surface area contributed by atoms with Gasteiger partial charge in [-0.05, 0) is 135 Å². The van der Waals surface area contributed by atoms with E-state index in [1.54, 1.807) is 0 Å². The Morgan fingerprint density at radius 2 is 0.703 bits per heavy atom. The minimum Gasteiger partial charge on any atom is -0.423 e. The summed E-state index contributed by atoms with van der Waals surface area (Å²) in [6.45, 7) is 9.15. The first-order valence-corrected chi connectivity index (χ1v) is 26.0. The van der Waals surface area contributed by atoms with Gasteiger partial charge in [-0.1, -0.05) is 232 Å². The predicted octanol–water partition coefficient (Wildman–Crippen LogP) is 16.5. The lowest BCUT2D eigenvalue weighted by Crippen LogP contribution is -2.31. The van der Waals surface area contributed by atoms with Crippen LogP contribution >= 0.6 is 15.9 Å². The number of halogens is 1. The van der Waals surface area contributed by atoms with Crippen molar-refractivity contribution >= 4 is 71.6 Å². The topological polar surface area (TPSA) is 66.2 Å². The molecule has 10 aromatic carbocycles. The lowest BCUT2D eigenvalue weighted by atomic mass is 9.72. The molecule has 0 atom stereocenters. The normalized spacial score (nSPS) is 13.3. The Bertz CT molecular complexity index is 4020. The Kier molecular flexibility index (Phi) is 12.0. The van der Waals surface area contributed by atoms with Gasteiger partial charge in [0.05, 0.1) is 11.4 Å². The van der Waals surface area contributed by atoms with Gasteiger partial charge in [-0.2, -0.15) is 0 Å². The second-order valence-electron chi connectivity index (χ2n) is 20.3. The summed E-state index contributed by atoms with van der Waals surface area (Å²) in [6.07, 6.45) is 3.77. The summed E-state index contributed by atoms with van der Waals surface area (Å²) in [7, 11) is -1.50. The van der Waals surface area contributed by atoms with Crippen LogP contribution in [-0.2, 0) is 10.8 Å². The van der Waals surface area contributed by atoms with Gasteiger partial charge in [0, 0.05) is 38.8 Å². The first kappa shape index (κ1) is 47.0. The van der Waals surface area contributed by atoms with Crippen molar-refractivity contribution in [3.63, 3.8) is 0 Å². The van der Waals surface area contributed by atoms with Crippen LogP contribution in [0.25, 0.3) is 99.0 Å². The van der Waals surface area contributed by atoms with Crippen molar-refractivity contribution in [2.45, 2.75) is 38.5 Å². The Morgan fingerprint density at radius 3 is 1.12 bits per heavy atom. The average molecular weight is 1020 g/mol. The van der Waals surface area contributed by atoms with Crippen LogP contribution in [0, 0.1) is 0 Å². The lowest BCUT2D eigenvalue weighted by Gasteiger charge is -2.22.